The Kier molecular flexibility index (Phi) is 5.84. The molecular weight excluding hydrogens is 422 g/mol. The van der Waals surface area contributed by atoms with Crippen LogP contribution >= 0.6 is 0 Å². The third-order valence-corrected chi connectivity index (χ3v) is 7.06. The molecule has 2 aromatic carbocycles. The maximum absolute atomic E-state index is 12.9. The van der Waals surface area contributed by atoms with Crippen LogP contribution in [0.5, 0.6) is 11.5 Å². The highest BCUT2D eigenvalue weighted by atomic mass is 32.2. The molecule has 1 N–H and O–H groups in total. The Morgan fingerprint density at radius 3 is 2.26 bits per heavy atom. The van der Waals surface area contributed by atoms with Gasteiger partial charge >= 0.3 is 0 Å². The lowest BCUT2D eigenvalue weighted by atomic mass is 10.2. The Morgan fingerprint density at radius 2 is 1.61 bits per heavy atom. The van der Waals surface area contributed by atoms with Crippen LogP contribution in [-0.4, -0.2) is 68.3 Å². The van der Waals surface area contributed by atoms with Crippen molar-refractivity contribution in [1.82, 2.24) is 9.21 Å². The van der Waals surface area contributed by atoms with Gasteiger partial charge in [-0.2, -0.15) is 4.31 Å². The van der Waals surface area contributed by atoms with Gasteiger partial charge in [0.05, 0.1) is 4.90 Å². The zero-order chi connectivity index (χ0) is 22.0. The van der Waals surface area contributed by atoms with Crippen LogP contribution in [0.3, 0.4) is 0 Å². The first-order chi connectivity index (χ1) is 14.8. The number of piperazine rings is 1. The number of rotatable bonds is 4. The van der Waals surface area contributed by atoms with Gasteiger partial charge in [0.2, 0.25) is 22.0 Å². The van der Waals surface area contributed by atoms with Gasteiger partial charge in [-0.05, 0) is 36.4 Å². The third kappa shape index (κ3) is 4.49. The zero-order valence-electron chi connectivity index (χ0n) is 17.0. The number of amides is 2. The van der Waals surface area contributed by atoms with Crippen molar-refractivity contribution in [3.05, 3.63) is 48.5 Å². The lowest BCUT2D eigenvalue weighted by molar-refractivity contribution is -0.142. The number of sulfonamides is 1. The van der Waals surface area contributed by atoms with Crippen molar-refractivity contribution in [3.63, 3.8) is 0 Å². The van der Waals surface area contributed by atoms with Crippen molar-refractivity contribution in [2.45, 2.75) is 17.9 Å². The van der Waals surface area contributed by atoms with E-state index >= 15 is 0 Å². The van der Waals surface area contributed by atoms with E-state index in [9.17, 15) is 18.0 Å². The molecule has 1 atom stereocenters. The first-order valence-electron chi connectivity index (χ1n) is 9.90. The van der Waals surface area contributed by atoms with Crippen LogP contribution in [0.25, 0.3) is 0 Å². The second kappa shape index (κ2) is 8.56. The number of carbonyl (C=O) groups is 2. The first-order valence-corrected chi connectivity index (χ1v) is 11.3. The summed E-state index contributed by atoms with van der Waals surface area (Å²) in [5.74, 6) is 0.682. The molecule has 0 aromatic heterocycles. The standard InChI is InChI=1S/C21H23N3O6S/c1-15(25)22-16-6-8-17(9-7-16)31(27,28)24-12-10-23(11-13-24)21(26)20-14-29-18-4-2-3-5-19(18)30-20/h2-9,20H,10-14H2,1H3,(H,22,25)/t20-/m0/s1. The Bertz CT molecular complexity index is 1080. The van der Waals surface area contributed by atoms with Crippen molar-refractivity contribution >= 4 is 27.5 Å². The quantitative estimate of drug-likeness (QED) is 0.761. The molecule has 0 bridgehead atoms. The minimum absolute atomic E-state index is 0.120. The molecule has 0 aliphatic carbocycles. The van der Waals surface area contributed by atoms with Gasteiger partial charge in [-0.15, -0.1) is 0 Å². The van der Waals surface area contributed by atoms with E-state index in [-0.39, 0.29) is 49.5 Å². The topological polar surface area (TPSA) is 105 Å². The molecule has 0 radical (unpaired) electrons. The number of hydrogen-bond donors (Lipinski definition) is 1. The van der Waals surface area contributed by atoms with Gasteiger partial charge in [0.25, 0.3) is 5.91 Å². The molecule has 2 aliphatic heterocycles. The summed E-state index contributed by atoms with van der Waals surface area (Å²) < 4.78 is 38.6. The molecule has 1 saturated heterocycles. The van der Waals surface area contributed by atoms with E-state index in [1.807, 2.05) is 6.07 Å². The molecule has 10 heteroatoms. The van der Waals surface area contributed by atoms with Crippen LogP contribution in [0.15, 0.2) is 53.4 Å². The SMILES string of the molecule is CC(=O)Nc1ccc(S(=O)(=O)N2CCN(C(=O)[C@@H]3COc4ccccc4O3)CC2)cc1. The lowest BCUT2D eigenvalue weighted by Crippen LogP contribution is -2.55. The van der Waals surface area contributed by atoms with Gasteiger partial charge in [-0.1, -0.05) is 12.1 Å². The average molecular weight is 445 g/mol. The van der Waals surface area contributed by atoms with E-state index in [0.717, 1.165) is 0 Å². The maximum Gasteiger partial charge on any atom is 0.267 e. The normalized spacial score (nSPS) is 19.0. The number of nitrogens with one attached hydrogen (secondary N) is 1. The number of carbonyl (C=O) groups excluding carboxylic acids is 2. The number of ether oxygens (including phenoxy) is 2. The summed E-state index contributed by atoms with van der Waals surface area (Å²) in [5, 5.41) is 2.61. The predicted molar refractivity (Wildman–Crippen MR) is 112 cm³/mol. The van der Waals surface area contributed by atoms with Crippen LogP contribution in [0.1, 0.15) is 6.92 Å². The summed E-state index contributed by atoms with van der Waals surface area (Å²) in [5.41, 5.74) is 0.526. The van der Waals surface area contributed by atoms with E-state index in [2.05, 4.69) is 5.32 Å². The summed E-state index contributed by atoms with van der Waals surface area (Å²) in [6.45, 7) is 2.41. The minimum atomic E-state index is -3.69. The molecule has 31 heavy (non-hydrogen) atoms. The molecule has 4 rings (SSSR count). The van der Waals surface area contributed by atoms with Gasteiger partial charge in [0, 0.05) is 38.8 Å². The zero-order valence-corrected chi connectivity index (χ0v) is 17.8. The maximum atomic E-state index is 12.9. The number of fused-ring (bicyclic) bond motifs is 1. The number of para-hydroxylation sites is 2. The van der Waals surface area contributed by atoms with Gasteiger partial charge < -0.3 is 19.7 Å². The Balaban J connectivity index is 1.37. The van der Waals surface area contributed by atoms with Gasteiger partial charge in [0.15, 0.2) is 11.5 Å². The summed E-state index contributed by atoms with van der Waals surface area (Å²) in [7, 11) is -3.69. The van der Waals surface area contributed by atoms with E-state index in [0.29, 0.717) is 17.2 Å². The fourth-order valence-electron chi connectivity index (χ4n) is 3.56. The molecule has 9 nitrogen and oxygen atoms in total. The van der Waals surface area contributed by atoms with Crippen LogP contribution in [0.4, 0.5) is 5.69 Å². The third-order valence-electron chi connectivity index (χ3n) is 5.15. The molecule has 164 valence electrons. The second-order valence-corrected chi connectivity index (χ2v) is 9.24. The van der Waals surface area contributed by atoms with Crippen molar-refractivity contribution in [3.8, 4) is 11.5 Å². The molecule has 2 heterocycles. The molecule has 0 saturated carbocycles. The molecule has 0 unspecified atom stereocenters. The Labute approximate surface area is 180 Å². The summed E-state index contributed by atoms with van der Waals surface area (Å²) in [6, 6.07) is 13.2. The summed E-state index contributed by atoms with van der Waals surface area (Å²) in [6.07, 6.45) is -0.751. The fraction of sp³-hybridized carbons (Fsp3) is 0.333. The van der Waals surface area contributed by atoms with Crippen LogP contribution in [0.2, 0.25) is 0 Å². The van der Waals surface area contributed by atoms with E-state index in [1.165, 1.54) is 23.4 Å². The molecule has 0 spiro atoms. The molecular formula is C21H23N3O6S. The Morgan fingerprint density at radius 1 is 0.968 bits per heavy atom. The summed E-state index contributed by atoms with van der Waals surface area (Å²) >= 11 is 0. The van der Waals surface area contributed by atoms with Crippen LogP contribution in [-0.2, 0) is 19.6 Å². The minimum Gasteiger partial charge on any atom is -0.485 e. The number of hydrogen-bond acceptors (Lipinski definition) is 6. The van der Waals surface area contributed by atoms with E-state index < -0.39 is 16.1 Å². The highest BCUT2D eigenvalue weighted by molar-refractivity contribution is 7.89. The van der Waals surface area contributed by atoms with Gasteiger partial charge in [0.1, 0.15) is 6.61 Å². The number of nitrogens with zero attached hydrogens (tertiary/aromatic N) is 2. The molecule has 2 amide bonds. The Hall–Kier alpha value is -3.11. The molecule has 2 aromatic rings. The smallest absolute Gasteiger partial charge is 0.267 e. The average Bonchev–Trinajstić information content (AvgIpc) is 2.78. The van der Waals surface area contributed by atoms with Gasteiger partial charge in [-0.3, -0.25) is 9.59 Å². The van der Waals surface area contributed by atoms with Gasteiger partial charge in [-0.25, -0.2) is 8.42 Å². The molecule has 2 aliphatic rings. The number of anilines is 1. The largest absolute Gasteiger partial charge is 0.485 e. The highest BCUT2D eigenvalue weighted by Crippen LogP contribution is 2.31. The summed E-state index contributed by atoms with van der Waals surface area (Å²) in [4.78, 5) is 25.7. The monoisotopic (exact) mass is 445 g/mol. The van der Waals surface area contributed by atoms with Crippen LogP contribution < -0.4 is 14.8 Å². The van der Waals surface area contributed by atoms with Crippen LogP contribution in [0, 0.1) is 0 Å². The van der Waals surface area contributed by atoms with Crippen molar-refractivity contribution in [1.29, 1.82) is 0 Å². The van der Waals surface area contributed by atoms with Crippen molar-refractivity contribution in [2.24, 2.45) is 0 Å². The lowest BCUT2D eigenvalue weighted by Gasteiger charge is -2.36. The highest BCUT2D eigenvalue weighted by Gasteiger charge is 2.35. The predicted octanol–water partition coefficient (Wildman–Crippen LogP) is 1.32. The van der Waals surface area contributed by atoms with E-state index in [1.54, 1.807) is 35.2 Å². The molecule has 1 fully saturated rings. The van der Waals surface area contributed by atoms with E-state index in [4.69, 9.17) is 9.47 Å². The second-order valence-electron chi connectivity index (χ2n) is 7.30. The van der Waals surface area contributed by atoms with Crippen molar-refractivity contribution in [2.75, 3.05) is 38.1 Å². The first kappa shape index (κ1) is 21.1. The fourth-order valence-corrected chi connectivity index (χ4v) is 4.98. The number of benzene rings is 2. The van der Waals surface area contributed by atoms with Crippen molar-refractivity contribution < 1.29 is 27.5 Å².